The number of aliphatic imine (C=N–C) groups is 1. The fraction of sp³-hybridized carbons (Fsp3) is 0.700. The van der Waals surface area contributed by atoms with Gasteiger partial charge in [0.15, 0.2) is 0 Å². The van der Waals surface area contributed by atoms with Crippen LogP contribution in [0, 0.1) is 0 Å². The van der Waals surface area contributed by atoms with Crippen LogP contribution in [-0.2, 0) is 76.5 Å². The van der Waals surface area contributed by atoms with E-state index in [1.54, 1.807) is 11.3 Å². The summed E-state index contributed by atoms with van der Waals surface area (Å²) in [4.78, 5) is 35.5. The second-order valence-electron chi connectivity index (χ2n) is 16.4. The summed E-state index contributed by atoms with van der Waals surface area (Å²) in [5.74, 6) is -0.375. The number of amides is 1. The molecule has 392 valence electrons. The molecular weight excluding hydrogens is 911 g/mol. The Balaban J connectivity index is 1.07. The molecule has 2 aromatic rings. The molecule has 1 aliphatic heterocycles. The molecule has 1 aromatic heterocycles. The SMILES string of the molecule is CCCN(Cc1ccc(CNC)cc1)C(=O)C1=Cc2sc(CCCCCN(C)CCOCCOCCOCCOCCOCCOCCOCCOCCOCCOCCC(=O)O)cc2N=C(N)C1. The van der Waals surface area contributed by atoms with Gasteiger partial charge in [-0.2, -0.15) is 0 Å². The number of benzene rings is 1. The molecule has 1 aliphatic rings. The molecule has 0 fully saturated rings. The van der Waals surface area contributed by atoms with Gasteiger partial charge in [-0.15, -0.1) is 11.3 Å². The van der Waals surface area contributed by atoms with Crippen molar-refractivity contribution < 1.29 is 62.1 Å². The summed E-state index contributed by atoms with van der Waals surface area (Å²) in [7, 11) is 4.07. The first-order valence-electron chi connectivity index (χ1n) is 24.6. The zero-order valence-corrected chi connectivity index (χ0v) is 42.6. The highest BCUT2D eigenvalue weighted by molar-refractivity contribution is 7.13. The van der Waals surface area contributed by atoms with Crippen LogP contribution < -0.4 is 11.1 Å². The maximum absolute atomic E-state index is 13.8. The van der Waals surface area contributed by atoms with Gasteiger partial charge in [-0.1, -0.05) is 37.6 Å². The van der Waals surface area contributed by atoms with Crippen molar-refractivity contribution in [1.82, 2.24) is 15.1 Å². The van der Waals surface area contributed by atoms with E-state index in [1.807, 2.05) is 18.0 Å². The zero-order valence-electron chi connectivity index (χ0n) is 41.8. The van der Waals surface area contributed by atoms with E-state index < -0.39 is 5.97 Å². The Hall–Kier alpha value is -3.41. The smallest absolute Gasteiger partial charge is 0.305 e. The lowest BCUT2D eigenvalue weighted by Gasteiger charge is -2.23. The molecule has 4 N–H and O–H groups in total. The van der Waals surface area contributed by atoms with E-state index in [0.29, 0.717) is 156 Å². The Morgan fingerprint density at radius 3 is 1.62 bits per heavy atom. The topological polar surface area (TPSA) is 204 Å². The third-order valence-electron chi connectivity index (χ3n) is 10.5. The number of carboxylic acid groups (broad SMARTS) is 1. The number of amidine groups is 1. The van der Waals surface area contributed by atoms with E-state index in [0.717, 1.165) is 67.9 Å². The van der Waals surface area contributed by atoms with Crippen LogP contribution in [0.2, 0.25) is 0 Å². The van der Waals surface area contributed by atoms with E-state index in [-0.39, 0.29) is 18.9 Å². The molecule has 3 rings (SSSR count). The van der Waals surface area contributed by atoms with Gasteiger partial charge in [-0.3, -0.25) is 9.59 Å². The molecule has 1 aromatic carbocycles. The van der Waals surface area contributed by atoms with Crippen LogP contribution in [-0.4, -0.2) is 198 Å². The number of nitrogens with one attached hydrogen (secondary N) is 1. The highest BCUT2D eigenvalue weighted by Crippen LogP contribution is 2.35. The summed E-state index contributed by atoms with van der Waals surface area (Å²) in [5, 5.41) is 11.7. The van der Waals surface area contributed by atoms with E-state index >= 15 is 0 Å². The molecule has 0 spiro atoms. The van der Waals surface area contributed by atoms with E-state index in [1.165, 1.54) is 10.4 Å². The van der Waals surface area contributed by atoms with Crippen molar-refractivity contribution in [1.29, 1.82) is 0 Å². The number of unbranched alkanes of at least 4 members (excludes halogenated alkanes) is 2. The second kappa shape index (κ2) is 40.2. The molecule has 18 nitrogen and oxygen atoms in total. The molecule has 19 heteroatoms. The number of aryl methyl sites for hydroxylation is 1. The predicted molar refractivity (Wildman–Crippen MR) is 269 cm³/mol. The number of carbonyl (C=O) groups excluding carboxylic acids is 1. The van der Waals surface area contributed by atoms with Crippen molar-refractivity contribution >= 4 is 40.8 Å². The Labute approximate surface area is 415 Å². The number of aliphatic carboxylic acids is 1. The highest BCUT2D eigenvalue weighted by atomic mass is 32.1. The number of rotatable bonds is 46. The summed E-state index contributed by atoms with van der Waals surface area (Å²) in [6.07, 6.45) is 7.56. The van der Waals surface area contributed by atoms with Crippen LogP contribution in [0.1, 0.15) is 66.3 Å². The van der Waals surface area contributed by atoms with E-state index in [9.17, 15) is 9.59 Å². The molecule has 1 amide bonds. The molecule has 69 heavy (non-hydrogen) atoms. The number of likely N-dealkylation sites (N-methyl/N-ethyl adjacent to an activating group) is 1. The molecule has 0 saturated heterocycles. The number of carbonyl (C=O) groups is 2. The van der Waals surface area contributed by atoms with Gasteiger partial charge in [-0.05, 0) is 69.6 Å². The van der Waals surface area contributed by atoms with Gasteiger partial charge in [0.2, 0.25) is 0 Å². The lowest BCUT2D eigenvalue weighted by atomic mass is 10.1. The van der Waals surface area contributed by atoms with Crippen molar-refractivity contribution in [2.75, 3.05) is 166 Å². The largest absolute Gasteiger partial charge is 0.481 e. The normalized spacial score (nSPS) is 12.6. The van der Waals surface area contributed by atoms with Gasteiger partial charge in [-0.25, -0.2) is 4.99 Å². The van der Waals surface area contributed by atoms with E-state index in [4.69, 9.17) is 63.2 Å². The number of hydrogen-bond acceptors (Lipinski definition) is 17. The van der Waals surface area contributed by atoms with Gasteiger partial charge < -0.3 is 73.3 Å². The van der Waals surface area contributed by atoms with Crippen molar-refractivity contribution in [2.45, 2.75) is 65.0 Å². The fourth-order valence-corrected chi connectivity index (χ4v) is 7.95. The van der Waals surface area contributed by atoms with Crippen LogP contribution in [0.5, 0.6) is 0 Å². The van der Waals surface area contributed by atoms with Gasteiger partial charge >= 0.3 is 5.97 Å². The maximum atomic E-state index is 13.8. The number of hydrogen-bond donors (Lipinski definition) is 3. The standard InChI is InChI=1S/C50H83N5O13S/c1-4-14-55(41-43-11-9-42(10-12-43)40-52-2)50(58)44-37-47-46(53-48(51)38-44)39-45(69-47)8-6-5-7-15-54(3)16-18-60-20-22-62-24-26-64-28-30-66-32-34-68-36-35-67-33-31-65-29-27-63-25-23-61-21-19-59-17-13-49(56)57/h9-12,37,39,52H,4-8,13-36,38,40-41H2,1-3H3,(H2,51,53)(H,56,57). The molecular formula is C50H83N5O13S. The maximum Gasteiger partial charge on any atom is 0.305 e. The number of carboxylic acids is 1. The number of nitrogens with two attached hydrogens (primary N) is 1. The molecule has 0 unspecified atom stereocenters. The molecule has 2 heterocycles. The first kappa shape index (κ1) is 59.9. The molecule has 0 bridgehead atoms. The monoisotopic (exact) mass is 994 g/mol. The Morgan fingerprint density at radius 2 is 1.14 bits per heavy atom. The molecule has 0 radical (unpaired) electrons. The van der Waals surface area contributed by atoms with Gasteiger partial charge in [0.05, 0.1) is 149 Å². The minimum absolute atomic E-state index is 0.00630. The van der Waals surface area contributed by atoms with Crippen LogP contribution in [0.3, 0.4) is 0 Å². The average molecular weight is 994 g/mol. The quantitative estimate of drug-likeness (QED) is 0.0750. The third kappa shape index (κ3) is 30.2. The van der Waals surface area contributed by atoms with Gasteiger partial charge in [0, 0.05) is 43.1 Å². The highest BCUT2D eigenvalue weighted by Gasteiger charge is 2.23. The number of nitrogens with zero attached hydrogens (tertiary/aromatic N) is 3. The van der Waals surface area contributed by atoms with Crippen molar-refractivity contribution in [3.8, 4) is 0 Å². The lowest BCUT2D eigenvalue weighted by molar-refractivity contribution is -0.138. The lowest BCUT2D eigenvalue weighted by Crippen LogP contribution is -2.33. The number of fused-ring (bicyclic) bond motifs is 1. The Kier molecular flexibility index (Phi) is 34.9. The van der Waals surface area contributed by atoms with Crippen LogP contribution >= 0.6 is 11.3 Å². The number of thiophene rings is 1. The molecule has 0 saturated carbocycles. The zero-order chi connectivity index (χ0) is 49.4. The van der Waals surface area contributed by atoms with Crippen molar-refractivity contribution in [3.05, 3.63) is 56.8 Å². The van der Waals surface area contributed by atoms with Crippen LogP contribution in [0.4, 0.5) is 5.69 Å². The molecule has 0 atom stereocenters. The minimum atomic E-state index is -0.876. The Bertz CT molecular complexity index is 1680. The summed E-state index contributed by atoms with van der Waals surface area (Å²) in [6, 6.07) is 10.6. The predicted octanol–water partition coefficient (Wildman–Crippen LogP) is 4.97. The third-order valence-corrected chi connectivity index (χ3v) is 11.6. The van der Waals surface area contributed by atoms with Gasteiger partial charge in [0.25, 0.3) is 5.91 Å². The van der Waals surface area contributed by atoms with Crippen LogP contribution in [0.25, 0.3) is 6.08 Å². The van der Waals surface area contributed by atoms with Crippen LogP contribution in [0.15, 0.2) is 40.9 Å². The van der Waals surface area contributed by atoms with Crippen molar-refractivity contribution in [2.24, 2.45) is 10.7 Å². The summed E-state index contributed by atoms with van der Waals surface area (Å²) < 4.78 is 54.9. The fourth-order valence-electron chi connectivity index (χ4n) is 6.84. The van der Waals surface area contributed by atoms with E-state index in [2.05, 4.69) is 54.5 Å². The first-order valence-corrected chi connectivity index (χ1v) is 25.5. The minimum Gasteiger partial charge on any atom is -0.481 e. The van der Waals surface area contributed by atoms with Gasteiger partial charge in [0.1, 0.15) is 5.84 Å². The molecule has 0 aliphatic carbocycles. The summed E-state index contributed by atoms with van der Waals surface area (Å²) in [6.45, 7) is 15.5. The second-order valence-corrected chi connectivity index (χ2v) is 17.5. The number of ether oxygens (including phenoxy) is 10. The Morgan fingerprint density at radius 1 is 0.667 bits per heavy atom. The van der Waals surface area contributed by atoms with Crippen molar-refractivity contribution in [3.63, 3.8) is 0 Å². The summed E-state index contributed by atoms with van der Waals surface area (Å²) in [5.41, 5.74) is 10.3. The average Bonchev–Trinajstić information content (AvgIpc) is 3.63. The summed E-state index contributed by atoms with van der Waals surface area (Å²) >= 11 is 1.72. The first-order chi connectivity index (χ1) is 33.8.